The van der Waals surface area contributed by atoms with Gasteiger partial charge in [0.2, 0.25) is 0 Å². The lowest BCUT2D eigenvalue weighted by Gasteiger charge is -2.10. The number of nitrogen functional groups attached to an aromatic ring is 1. The first-order valence-electron chi connectivity index (χ1n) is 4.70. The molecule has 2 aromatic carbocycles. The van der Waals surface area contributed by atoms with Crippen LogP contribution in [0.3, 0.4) is 0 Å². The smallest absolute Gasteiger partial charge is 0.165 e. The maximum absolute atomic E-state index is 9.69. The van der Waals surface area contributed by atoms with E-state index in [4.69, 9.17) is 5.73 Å². The van der Waals surface area contributed by atoms with Crippen molar-refractivity contribution in [2.24, 2.45) is 0 Å². The van der Waals surface area contributed by atoms with Crippen molar-refractivity contribution in [2.45, 2.75) is 0 Å². The molecule has 0 saturated heterocycles. The fourth-order valence-electron chi connectivity index (χ4n) is 1.58. The first-order valence-corrected chi connectivity index (χ1v) is 4.70. The summed E-state index contributed by atoms with van der Waals surface area (Å²) >= 11 is 0. The number of nitrogens with two attached hydrogens (primary N) is 1. The zero-order valence-electron chi connectivity index (χ0n) is 8.38. The van der Waals surface area contributed by atoms with Gasteiger partial charge in [-0.3, -0.25) is 0 Å². The molecule has 4 nitrogen and oxygen atoms in total. The van der Waals surface area contributed by atoms with Gasteiger partial charge in [0.05, 0.1) is 5.56 Å². The molecule has 2 aromatic rings. The fourth-order valence-corrected chi connectivity index (χ4v) is 1.58. The average molecular weight is 217 g/mol. The molecular formula is C12H11NO3. The second-order valence-corrected chi connectivity index (χ2v) is 3.41. The van der Waals surface area contributed by atoms with Crippen LogP contribution in [0.1, 0.15) is 0 Å². The Morgan fingerprint density at radius 1 is 0.812 bits per heavy atom. The molecule has 0 atom stereocenters. The highest BCUT2D eigenvalue weighted by Crippen LogP contribution is 2.42. The predicted octanol–water partition coefficient (Wildman–Crippen LogP) is 2.05. The van der Waals surface area contributed by atoms with Crippen LogP contribution < -0.4 is 5.73 Å². The molecule has 16 heavy (non-hydrogen) atoms. The summed E-state index contributed by atoms with van der Waals surface area (Å²) in [5.41, 5.74) is 6.67. The second kappa shape index (κ2) is 3.66. The molecular weight excluding hydrogens is 206 g/mol. The number of rotatable bonds is 1. The van der Waals surface area contributed by atoms with Crippen molar-refractivity contribution in [1.82, 2.24) is 0 Å². The molecule has 0 aliphatic heterocycles. The summed E-state index contributed by atoms with van der Waals surface area (Å²) in [6.45, 7) is 0. The van der Waals surface area contributed by atoms with Crippen molar-refractivity contribution in [3.63, 3.8) is 0 Å². The van der Waals surface area contributed by atoms with E-state index in [1.54, 1.807) is 24.3 Å². The Bertz CT molecular complexity index is 518. The Balaban J connectivity index is 2.73. The summed E-state index contributed by atoms with van der Waals surface area (Å²) in [7, 11) is 0. The quantitative estimate of drug-likeness (QED) is 0.435. The van der Waals surface area contributed by atoms with E-state index >= 15 is 0 Å². The van der Waals surface area contributed by atoms with Gasteiger partial charge in [0, 0.05) is 11.3 Å². The van der Waals surface area contributed by atoms with Gasteiger partial charge in [-0.1, -0.05) is 18.2 Å². The number of benzene rings is 2. The topological polar surface area (TPSA) is 86.7 Å². The molecule has 0 spiro atoms. The zero-order valence-corrected chi connectivity index (χ0v) is 8.38. The summed E-state index contributed by atoms with van der Waals surface area (Å²) in [5, 5.41) is 28.7. The number of aromatic hydroxyl groups is 3. The molecule has 0 aromatic heterocycles. The number of anilines is 1. The van der Waals surface area contributed by atoms with Crippen LogP contribution >= 0.6 is 0 Å². The minimum Gasteiger partial charge on any atom is -0.507 e. The Morgan fingerprint density at radius 3 is 2.12 bits per heavy atom. The summed E-state index contributed by atoms with van der Waals surface area (Å²) < 4.78 is 0. The van der Waals surface area contributed by atoms with Crippen LogP contribution in [-0.4, -0.2) is 15.3 Å². The van der Waals surface area contributed by atoms with Crippen molar-refractivity contribution in [2.75, 3.05) is 5.73 Å². The molecule has 0 amide bonds. The van der Waals surface area contributed by atoms with E-state index in [1.807, 2.05) is 0 Å². The molecule has 0 unspecified atom stereocenters. The van der Waals surface area contributed by atoms with E-state index in [0.29, 0.717) is 16.8 Å². The van der Waals surface area contributed by atoms with Crippen LogP contribution in [-0.2, 0) is 0 Å². The van der Waals surface area contributed by atoms with Gasteiger partial charge < -0.3 is 21.1 Å². The number of para-hydroxylation sites is 1. The maximum Gasteiger partial charge on any atom is 0.165 e. The number of hydrogen-bond donors (Lipinski definition) is 4. The molecule has 0 aliphatic carbocycles. The van der Waals surface area contributed by atoms with Crippen LogP contribution in [0.4, 0.5) is 5.69 Å². The molecule has 4 heteroatoms. The van der Waals surface area contributed by atoms with Crippen LogP contribution in [0.15, 0.2) is 36.4 Å². The van der Waals surface area contributed by atoms with E-state index in [2.05, 4.69) is 0 Å². The number of phenols is 3. The zero-order chi connectivity index (χ0) is 11.7. The fraction of sp³-hybridized carbons (Fsp3) is 0. The molecule has 2 rings (SSSR count). The van der Waals surface area contributed by atoms with Crippen molar-refractivity contribution >= 4 is 5.69 Å². The minimum atomic E-state index is -0.296. The van der Waals surface area contributed by atoms with Crippen molar-refractivity contribution < 1.29 is 15.3 Å². The summed E-state index contributed by atoms with van der Waals surface area (Å²) in [4.78, 5) is 0. The van der Waals surface area contributed by atoms with Gasteiger partial charge >= 0.3 is 0 Å². The third-order valence-electron chi connectivity index (χ3n) is 2.36. The van der Waals surface area contributed by atoms with Crippen molar-refractivity contribution in [1.29, 1.82) is 0 Å². The standard InChI is InChI=1S/C12H11NO3/c13-8-4-2-5-9(14)11(8)7-3-1-6-10(15)12(7)16/h1-6,14-16H,13H2. The van der Waals surface area contributed by atoms with E-state index in [-0.39, 0.29) is 17.2 Å². The van der Waals surface area contributed by atoms with Gasteiger partial charge in [-0.2, -0.15) is 0 Å². The van der Waals surface area contributed by atoms with Crippen LogP contribution in [0, 0.1) is 0 Å². The molecule has 82 valence electrons. The minimum absolute atomic E-state index is 0.0408. The first-order chi connectivity index (χ1) is 7.61. The summed E-state index contributed by atoms with van der Waals surface area (Å²) in [6.07, 6.45) is 0. The Hall–Kier alpha value is -2.36. The Labute approximate surface area is 92.2 Å². The SMILES string of the molecule is Nc1cccc(O)c1-c1cccc(O)c1O. The molecule has 0 heterocycles. The lowest BCUT2D eigenvalue weighted by atomic mass is 10.0. The van der Waals surface area contributed by atoms with Gasteiger partial charge in [0.25, 0.3) is 0 Å². The maximum atomic E-state index is 9.69. The van der Waals surface area contributed by atoms with E-state index < -0.39 is 0 Å². The normalized spacial score (nSPS) is 10.2. The highest BCUT2D eigenvalue weighted by molar-refractivity contribution is 5.86. The Morgan fingerprint density at radius 2 is 1.44 bits per heavy atom. The Kier molecular flexibility index (Phi) is 2.32. The van der Waals surface area contributed by atoms with Gasteiger partial charge in [-0.05, 0) is 18.2 Å². The monoisotopic (exact) mass is 217 g/mol. The summed E-state index contributed by atoms with van der Waals surface area (Å²) in [6, 6.07) is 9.17. The lowest BCUT2D eigenvalue weighted by molar-refractivity contribution is 0.405. The van der Waals surface area contributed by atoms with Crippen molar-refractivity contribution in [3.8, 4) is 28.4 Å². The molecule has 5 N–H and O–H groups in total. The summed E-state index contributed by atoms with van der Waals surface area (Å²) in [5.74, 6) is -0.586. The molecule has 0 aliphatic rings. The average Bonchev–Trinajstić information content (AvgIpc) is 2.24. The molecule has 0 saturated carbocycles. The number of phenolic OH excluding ortho intramolecular Hbond substituents is 3. The van der Waals surface area contributed by atoms with E-state index in [1.165, 1.54) is 12.1 Å². The number of hydrogen-bond acceptors (Lipinski definition) is 4. The molecule has 0 bridgehead atoms. The van der Waals surface area contributed by atoms with Gasteiger partial charge in [-0.15, -0.1) is 0 Å². The van der Waals surface area contributed by atoms with Gasteiger partial charge in [0.1, 0.15) is 5.75 Å². The van der Waals surface area contributed by atoms with E-state index in [9.17, 15) is 15.3 Å². The van der Waals surface area contributed by atoms with Crippen LogP contribution in [0.5, 0.6) is 17.2 Å². The third-order valence-corrected chi connectivity index (χ3v) is 2.36. The predicted molar refractivity (Wildman–Crippen MR) is 61.3 cm³/mol. The van der Waals surface area contributed by atoms with Gasteiger partial charge in [-0.25, -0.2) is 0 Å². The lowest BCUT2D eigenvalue weighted by Crippen LogP contribution is -1.90. The highest BCUT2D eigenvalue weighted by Gasteiger charge is 2.14. The highest BCUT2D eigenvalue weighted by atomic mass is 16.3. The second-order valence-electron chi connectivity index (χ2n) is 3.41. The van der Waals surface area contributed by atoms with Crippen LogP contribution in [0.25, 0.3) is 11.1 Å². The van der Waals surface area contributed by atoms with Gasteiger partial charge in [0.15, 0.2) is 11.5 Å². The van der Waals surface area contributed by atoms with Crippen molar-refractivity contribution in [3.05, 3.63) is 36.4 Å². The third kappa shape index (κ3) is 1.50. The largest absolute Gasteiger partial charge is 0.507 e. The van der Waals surface area contributed by atoms with E-state index in [0.717, 1.165) is 0 Å². The molecule has 0 radical (unpaired) electrons. The van der Waals surface area contributed by atoms with Crippen LogP contribution in [0.2, 0.25) is 0 Å². The molecule has 0 fully saturated rings. The first kappa shape index (κ1) is 10.2.